The number of ether oxygens (including phenoxy) is 1. The van der Waals surface area contributed by atoms with Crippen LogP contribution in [0.5, 0.6) is 5.88 Å². The maximum atomic E-state index is 13.2. The molecule has 0 bridgehead atoms. The zero-order chi connectivity index (χ0) is 20.4. The molecule has 1 atom stereocenters. The lowest BCUT2D eigenvalue weighted by Crippen LogP contribution is -2.30. The van der Waals surface area contributed by atoms with Crippen molar-refractivity contribution in [3.8, 4) is 5.88 Å². The second-order valence-electron chi connectivity index (χ2n) is 6.97. The summed E-state index contributed by atoms with van der Waals surface area (Å²) in [5.74, 6) is -0.787. The van der Waals surface area contributed by atoms with E-state index in [9.17, 15) is 13.6 Å². The number of carbonyl (C=O) groups excluding carboxylic acids is 1. The Labute approximate surface area is 166 Å². The molecule has 5 nitrogen and oxygen atoms in total. The molecule has 148 valence electrons. The average Bonchev–Trinajstić information content (AvgIpc) is 2.71. The third-order valence-corrected chi connectivity index (χ3v) is 4.56. The van der Waals surface area contributed by atoms with Crippen molar-refractivity contribution >= 4 is 17.3 Å². The number of halogens is 2. The Morgan fingerprint density at radius 2 is 1.79 bits per heavy atom. The van der Waals surface area contributed by atoms with Gasteiger partial charge in [0.1, 0.15) is 23.9 Å². The fourth-order valence-corrected chi connectivity index (χ4v) is 3.14. The van der Waals surface area contributed by atoms with Crippen LogP contribution in [0.2, 0.25) is 0 Å². The molecule has 2 aromatic carbocycles. The van der Waals surface area contributed by atoms with Crippen molar-refractivity contribution in [3.05, 3.63) is 83.1 Å². The minimum absolute atomic E-state index is 0.113. The number of carbonyl (C=O) groups is 1. The molecule has 0 spiro atoms. The summed E-state index contributed by atoms with van der Waals surface area (Å²) in [5, 5.41) is 6.03. The van der Waals surface area contributed by atoms with Crippen molar-refractivity contribution < 1.29 is 18.3 Å². The van der Waals surface area contributed by atoms with Crippen molar-refractivity contribution in [2.75, 3.05) is 17.2 Å². The molecule has 0 saturated carbocycles. The number of amides is 1. The fraction of sp³-hybridized carbons (Fsp3) is 0.182. The molecule has 2 N–H and O–H groups in total. The van der Waals surface area contributed by atoms with Crippen LogP contribution in [-0.4, -0.2) is 23.5 Å². The van der Waals surface area contributed by atoms with E-state index in [2.05, 4.69) is 15.6 Å². The van der Waals surface area contributed by atoms with Gasteiger partial charge in [0.05, 0.1) is 11.7 Å². The Morgan fingerprint density at radius 1 is 1.14 bits per heavy atom. The molecule has 4 rings (SSSR count). The lowest BCUT2D eigenvalue weighted by atomic mass is 10.0. The molecule has 1 aliphatic rings. The maximum Gasteiger partial charge on any atom is 0.274 e. The summed E-state index contributed by atoms with van der Waals surface area (Å²) in [4.78, 5) is 17.3. The van der Waals surface area contributed by atoms with E-state index in [1.165, 1.54) is 36.4 Å². The third-order valence-electron chi connectivity index (χ3n) is 4.56. The Kier molecular flexibility index (Phi) is 5.12. The highest BCUT2D eigenvalue weighted by atomic mass is 19.1. The number of anilines is 2. The highest BCUT2D eigenvalue weighted by Gasteiger charge is 2.23. The highest BCUT2D eigenvalue weighted by Crippen LogP contribution is 2.30. The summed E-state index contributed by atoms with van der Waals surface area (Å²) in [7, 11) is 0. The van der Waals surface area contributed by atoms with Crippen LogP contribution in [0.1, 0.15) is 28.5 Å². The zero-order valence-corrected chi connectivity index (χ0v) is 15.7. The van der Waals surface area contributed by atoms with Gasteiger partial charge in [-0.25, -0.2) is 13.8 Å². The smallest absolute Gasteiger partial charge is 0.274 e. The lowest BCUT2D eigenvalue weighted by molar-refractivity contribution is 0.102. The van der Waals surface area contributed by atoms with Crippen molar-refractivity contribution in [1.29, 1.82) is 0 Å². The third kappa shape index (κ3) is 4.34. The van der Waals surface area contributed by atoms with Gasteiger partial charge in [-0.05, 0) is 66.9 Å². The van der Waals surface area contributed by atoms with Gasteiger partial charge < -0.3 is 15.4 Å². The number of pyridine rings is 1. The van der Waals surface area contributed by atoms with Gasteiger partial charge in [0, 0.05) is 5.69 Å². The summed E-state index contributed by atoms with van der Waals surface area (Å²) in [6.07, 6.45) is 0.392. The van der Waals surface area contributed by atoms with Crippen molar-refractivity contribution in [1.82, 2.24) is 4.98 Å². The zero-order valence-electron chi connectivity index (χ0n) is 15.7. The second kappa shape index (κ2) is 7.87. The monoisotopic (exact) mass is 395 g/mol. The fourth-order valence-electron chi connectivity index (χ4n) is 3.14. The Hall–Kier alpha value is -3.48. The van der Waals surface area contributed by atoms with Crippen LogP contribution < -0.4 is 15.4 Å². The molecule has 1 aromatic heterocycles. The first kappa shape index (κ1) is 18.9. The summed E-state index contributed by atoms with van der Waals surface area (Å²) >= 11 is 0. The normalized spacial score (nSPS) is 15.1. The SMILES string of the molecule is C[C@H]1COc2nc(C(=O)Nc3ccc(F)cc3)c(Cc3ccc(F)cc3)cc2N1. The number of benzene rings is 2. The molecule has 2 heterocycles. The van der Waals surface area contributed by atoms with Gasteiger partial charge in [-0.2, -0.15) is 0 Å². The minimum atomic E-state index is -0.432. The molecule has 29 heavy (non-hydrogen) atoms. The second-order valence-corrected chi connectivity index (χ2v) is 6.97. The van der Waals surface area contributed by atoms with E-state index < -0.39 is 5.91 Å². The molecule has 7 heteroatoms. The average molecular weight is 395 g/mol. The summed E-state index contributed by atoms with van der Waals surface area (Å²) < 4.78 is 32.0. The first-order valence-electron chi connectivity index (χ1n) is 9.22. The summed E-state index contributed by atoms with van der Waals surface area (Å²) in [6, 6.07) is 13.5. The van der Waals surface area contributed by atoms with E-state index in [0.717, 1.165) is 5.56 Å². The number of hydrogen-bond donors (Lipinski definition) is 2. The van der Waals surface area contributed by atoms with E-state index in [0.29, 0.717) is 35.8 Å². The van der Waals surface area contributed by atoms with Crippen LogP contribution in [-0.2, 0) is 6.42 Å². The molecule has 0 saturated heterocycles. The van der Waals surface area contributed by atoms with Gasteiger partial charge in [-0.3, -0.25) is 4.79 Å². The van der Waals surface area contributed by atoms with Crippen LogP contribution in [0.3, 0.4) is 0 Å². The van der Waals surface area contributed by atoms with Crippen molar-refractivity contribution in [2.24, 2.45) is 0 Å². The first-order chi connectivity index (χ1) is 14.0. The van der Waals surface area contributed by atoms with Gasteiger partial charge >= 0.3 is 0 Å². The van der Waals surface area contributed by atoms with E-state index in [4.69, 9.17) is 4.74 Å². The molecule has 1 aliphatic heterocycles. The molecule has 1 amide bonds. The van der Waals surface area contributed by atoms with Crippen LogP contribution in [0.15, 0.2) is 54.6 Å². The number of nitrogens with one attached hydrogen (secondary N) is 2. The van der Waals surface area contributed by atoms with Crippen molar-refractivity contribution in [2.45, 2.75) is 19.4 Å². The summed E-state index contributed by atoms with van der Waals surface area (Å²) in [6.45, 7) is 2.42. The van der Waals surface area contributed by atoms with E-state index in [-0.39, 0.29) is 23.4 Å². The Balaban J connectivity index is 1.68. The number of nitrogens with zero attached hydrogens (tertiary/aromatic N) is 1. The van der Waals surface area contributed by atoms with Crippen LogP contribution in [0, 0.1) is 11.6 Å². The van der Waals surface area contributed by atoms with E-state index in [1.807, 2.05) is 13.0 Å². The predicted molar refractivity (Wildman–Crippen MR) is 106 cm³/mol. The Bertz CT molecular complexity index is 1040. The standard InChI is InChI=1S/C22H19F2N3O2/c1-13-12-29-22-19(25-13)11-15(10-14-2-4-16(23)5-3-14)20(27-22)21(28)26-18-8-6-17(24)7-9-18/h2-9,11,13,25H,10,12H2,1H3,(H,26,28)/t13-/m0/s1. The molecule has 0 aliphatic carbocycles. The van der Waals surface area contributed by atoms with E-state index >= 15 is 0 Å². The quantitative estimate of drug-likeness (QED) is 0.688. The maximum absolute atomic E-state index is 13.2. The molecular weight excluding hydrogens is 376 g/mol. The largest absolute Gasteiger partial charge is 0.474 e. The highest BCUT2D eigenvalue weighted by molar-refractivity contribution is 6.04. The van der Waals surface area contributed by atoms with Crippen LogP contribution in [0.4, 0.5) is 20.2 Å². The van der Waals surface area contributed by atoms with Gasteiger partial charge in [-0.1, -0.05) is 12.1 Å². The molecule has 0 fully saturated rings. The molecule has 3 aromatic rings. The Morgan fingerprint density at radius 3 is 2.48 bits per heavy atom. The molecule has 0 radical (unpaired) electrons. The minimum Gasteiger partial charge on any atom is -0.474 e. The van der Waals surface area contributed by atoms with Gasteiger partial charge in [-0.15, -0.1) is 0 Å². The van der Waals surface area contributed by atoms with Crippen molar-refractivity contribution in [3.63, 3.8) is 0 Å². The van der Waals surface area contributed by atoms with Gasteiger partial charge in [0.2, 0.25) is 5.88 Å². The number of hydrogen-bond acceptors (Lipinski definition) is 4. The topological polar surface area (TPSA) is 63.2 Å². The van der Waals surface area contributed by atoms with Gasteiger partial charge in [0.15, 0.2) is 0 Å². The summed E-state index contributed by atoms with van der Waals surface area (Å²) in [5.41, 5.74) is 2.87. The first-order valence-corrected chi connectivity index (χ1v) is 9.22. The lowest BCUT2D eigenvalue weighted by Gasteiger charge is -2.25. The van der Waals surface area contributed by atoms with Gasteiger partial charge in [0.25, 0.3) is 5.91 Å². The molecule has 0 unspecified atom stereocenters. The van der Waals surface area contributed by atoms with Crippen LogP contribution in [0.25, 0.3) is 0 Å². The van der Waals surface area contributed by atoms with Crippen LogP contribution >= 0.6 is 0 Å². The van der Waals surface area contributed by atoms with E-state index in [1.54, 1.807) is 12.1 Å². The number of fused-ring (bicyclic) bond motifs is 1. The predicted octanol–water partition coefficient (Wildman–Crippen LogP) is 4.40. The molecular formula is C22H19F2N3O2. The number of aromatic nitrogens is 1. The number of rotatable bonds is 4.